The topological polar surface area (TPSA) is 74.7 Å². The minimum Gasteiger partial charge on any atom is -0.495 e. The molecule has 28 heavy (non-hydrogen) atoms. The van der Waals surface area contributed by atoms with E-state index in [2.05, 4.69) is 0 Å². The van der Waals surface area contributed by atoms with Gasteiger partial charge < -0.3 is 19.6 Å². The summed E-state index contributed by atoms with van der Waals surface area (Å²) in [5.41, 5.74) is 8.07. The molecule has 1 aliphatic carbocycles. The Morgan fingerprint density at radius 1 is 1.04 bits per heavy atom. The Hall–Kier alpha value is -2.95. The molecule has 0 spiro atoms. The van der Waals surface area contributed by atoms with Crippen LogP contribution in [0.15, 0.2) is 51.9 Å². The summed E-state index contributed by atoms with van der Waals surface area (Å²) in [5.74, 6) is 1.33. The molecule has 0 radical (unpaired) electrons. The van der Waals surface area contributed by atoms with Crippen molar-refractivity contribution in [3.05, 3.63) is 52.9 Å². The maximum Gasteiger partial charge on any atom is 0.200 e. The summed E-state index contributed by atoms with van der Waals surface area (Å²) in [4.78, 5) is 13.0. The van der Waals surface area contributed by atoms with Crippen molar-refractivity contribution in [3.8, 4) is 22.6 Å². The first-order valence-corrected chi connectivity index (χ1v) is 9.82. The first kappa shape index (κ1) is 18.4. The molecule has 1 aromatic heterocycles. The number of ether oxygens (including phenoxy) is 2. The molecule has 0 amide bonds. The number of hydrogen-bond acceptors (Lipinski definition) is 5. The highest BCUT2D eigenvalue weighted by Gasteiger charge is 2.15. The number of hydrogen-bond donors (Lipinski definition) is 1. The lowest BCUT2D eigenvalue weighted by Gasteiger charge is -2.17. The molecule has 0 saturated heterocycles. The van der Waals surface area contributed by atoms with E-state index in [1.807, 2.05) is 12.1 Å². The normalized spacial score (nSPS) is 15.3. The average molecular weight is 379 g/mol. The molecule has 5 heteroatoms. The van der Waals surface area contributed by atoms with Gasteiger partial charge in [-0.2, -0.15) is 0 Å². The minimum atomic E-state index is -0.0909. The Balaban J connectivity index is 1.64. The van der Waals surface area contributed by atoms with Gasteiger partial charge in [0.25, 0.3) is 0 Å². The summed E-state index contributed by atoms with van der Waals surface area (Å²) in [6.45, 7) is 0. The highest BCUT2D eigenvalue weighted by atomic mass is 16.5. The van der Waals surface area contributed by atoms with Crippen molar-refractivity contribution < 1.29 is 13.9 Å². The quantitative estimate of drug-likeness (QED) is 0.501. The van der Waals surface area contributed by atoms with Crippen molar-refractivity contribution in [1.82, 2.24) is 0 Å². The van der Waals surface area contributed by atoms with Crippen LogP contribution < -0.4 is 20.6 Å². The van der Waals surface area contributed by atoms with Crippen LogP contribution in [0.2, 0.25) is 0 Å². The van der Waals surface area contributed by atoms with Gasteiger partial charge >= 0.3 is 0 Å². The molecule has 1 fully saturated rings. The Morgan fingerprint density at radius 2 is 1.82 bits per heavy atom. The van der Waals surface area contributed by atoms with Crippen molar-refractivity contribution in [2.24, 2.45) is 0 Å². The van der Waals surface area contributed by atoms with Crippen LogP contribution in [0.1, 0.15) is 38.5 Å². The second-order valence-electron chi connectivity index (χ2n) is 7.32. The summed E-state index contributed by atoms with van der Waals surface area (Å²) in [5, 5.41) is 0.528. The van der Waals surface area contributed by atoms with Crippen molar-refractivity contribution in [2.75, 3.05) is 12.8 Å². The first-order chi connectivity index (χ1) is 13.7. The monoisotopic (exact) mass is 379 g/mol. The summed E-state index contributed by atoms with van der Waals surface area (Å²) >= 11 is 0. The minimum absolute atomic E-state index is 0.0909. The molecule has 5 nitrogen and oxygen atoms in total. The average Bonchev–Trinajstić information content (AvgIpc) is 2.97. The van der Waals surface area contributed by atoms with Gasteiger partial charge in [0.05, 0.1) is 29.9 Å². The van der Waals surface area contributed by atoms with Gasteiger partial charge in [-0.3, -0.25) is 4.79 Å². The molecular formula is C23H25NO4. The van der Waals surface area contributed by atoms with E-state index in [0.717, 1.165) is 18.6 Å². The Morgan fingerprint density at radius 3 is 2.54 bits per heavy atom. The summed E-state index contributed by atoms with van der Waals surface area (Å²) < 4.78 is 17.1. The lowest BCUT2D eigenvalue weighted by molar-refractivity contribution is 0.184. The van der Waals surface area contributed by atoms with Crippen LogP contribution in [0.3, 0.4) is 0 Å². The van der Waals surface area contributed by atoms with E-state index in [4.69, 9.17) is 19.6 Å². The number of rotatable bonds is 4. The van der Waals surface area contributed by atoms with Gasteiger partial charge in [0.15, 0.2) is 5.43 Å². The van der Waals surface area contributed by atoms with Crippen molar-refractivity contribution in [2.45, 2.75) is 44.6 Å². The zero-order chi connectivity index (χ0) is 19.5. The molecule has 0 atom stereocenters. The standard InChI is InChI=1S/C23H25NO4/c1-26-21-11-8-15(12-20(21)24)19-14-27-22-13-17(9-10-18(22)23(19)25)28-16-6-4-2-3-5-7-16/h8-14,16H,2-7,24H2,1H3. The van der Waals surface area contributed by atoms with Gasteiger partial charge in [-0.1, -0.05) is 18.9 Å². The maximum atomic E-state index is 13.0. The van der Waals surface area contributed by atoms with E-state index in [1.54, 1.807) is 31.4 Å². The van der Waals surface area contributed by atoms with Crippen LogP contribution >= 0.6 is 0 Å². The van der Waals surface area contributed by atoms with Crippen molar-refractivity contribution >= 4 is 16.7 Å². The molecule has 3 aromatic rings. The van der Waals surface area contributed by atoms with Crippen molar-refractivity contribution in [3.63, 3.8) is 0 Å². The number of fused-ring (bicyclic) bond motifs is 1. The van der Waals surface area contributed by atoms with Gasteiger partial charge in [-0.15, -0.1) is 0 Å². The second-order valence-corrected chi connectivity index (χ2v) is 7.32. The molecule has 1 heterocycles. The highest BCUT2D eigenvalue weighted by Crippen LogP contribution is 2.29. The Labute approximate surface area is 164 Å². The van der Waals surface area contributed by atoms with Crippen LogP contribution in [-0.2, 0) is 0 Å². The second kappa shape index (κ2) is 7.97. The van der Waals surface area contributed by atoms with Crippen LogP contribution in [0.25, 0.3) is 22.1 Å². The number of methoxy groups -OCH3 is 1. The third-order valence-corrected chi connectivity index (χ3v) is 5.39. The van der Waals surface area contributed by atoms with Crippen LogP contribution in [0.4, 0.5) is 5.69 Å². The van der Waals surface area contributed by atoms with Gasteiger partial charge in [0.1, 0.15) is 23.3 Å². The third-order valence-electron chi connectivity index (χ3n) is 5.39. The van der Waals surface area contributed by atoms with Gasteiger partial charge in [-0.05, 0) is 55.5 Å². The van der Waals surface area contributed by atoms with E-state index in [-0.39, 0.29) is 11.5 Å². The van der Waals surface area contributed by atoms with E-state index in [9.17, 15) is 4.79 Å². The first-order valence-electron chi connectivity index (χ1n) is 9.82. The van der Waals surface area contributed by atoms with E-state index in [0.29, 0.717) is 33.5 Å². The number of benzene rings is 2. The van der Waals surface area contributed by atoms with Gasteiger partial charge in [0.2, 0.25) is 0 Å². The Bertz CT molecular complexity index is 1030. The Kier molecular flexibility index (Phi) is 5.24. The lowest BCUT2D eigenvalue weighted by atomic mass is 10.0. The maximum absolute atomic E-state index is 13.0. The number of anilines is 1. The SMILES string of the molecule is COc1ccc(-c2coc3cc(OC4CCCCCC4)ccc3c2=O)cc1N. The summed E-state index contributed by atoms with van der Waals surface area (Å²) in [6, 6.07) is 10.7. The van der Waals surface area contributed by atoms with Gasteiger partial charge in [0, 0.05) is 6.07 Å². The summed E-state index contributed by atoms with van der Waals surface area (Å²) in [6.07, 6.45) is 8.88. The molecule has 4 rings (SSSR count). The molecule has 1 aliphatic rings. The van der Waals surface area contributed by atoms with Crippen LogP contribution in [-0.4, -0.2) is 13.2 Å². The van der Waals surface area contributed by atoms with E-state index < -0.39 is 0 Å². The predicted molar refractivity (Wildman–Crippen MR) is 111 cm³/mol. The predicted octanol–water partition coefficient (Wildman–Crippen LogP) is 5.15. The fraction of sp³-hybridized carbons (Fsp3) is 0.348. The fourth-order valence-corrected chi connectivity index (χ4v) is 3.84. The van der Waals surface area contributed by atoms with E-state index >= 15 is 0 Å². The van der Waals surface area contributed by atoms with Gasteiger partial charge in [-0.25, -0.2) is 0 Å². The molecule has 146 valence electrons. The lowest BCUT2D eigenvalue weighted by Crippen LogP contribution is -2.15. The smallest absolute Gasteiger partial charge is 0.200 e. The van der Waals surface area contributed by atoms with Crippen LogP contribution in [0, 0.1) is 0 Å². The largest absolute Gasteiger partial charge is 0.495 e. The highest BCUT2D eigenvalue weighted by molar-refractivity contribution is 5.83. The third kappa shape index (κ3) is 3.70. The molecule has 1 saturated carbocycles. The van der Waals surface area contributed by atoms with Crippen LogP contribution in [0.5, 0.6) is 11.5 Å². The number of nitrogens with two attached hydrogens (primary N) is 1. The van der Waals surface area contributed by atoms with Crippen molar-refractivity contribution in [1.29, 1.82) is 0 Å². The molecule has 2 N–H and O–H groups in total. The zero-order valence-electron chi connectivity index (χ0n) is 16.1. The molecule has 0 unspecified atom stereocenters. The summed E-state index contributed by atoms with van der Waals surface area (Å²) in [7, 11) is 1.56. The molecular weight excluding hydrogens is 354 g/mol. The zero-order valence-corrected chi connectivity index (χ0v) is 16.1. The van der Waals surface area contributed by atoms with E-state index in [1.165, 1.54) is 31.9 Å². The molecule has 0 bridgehead atoms. The fourth-order valence-electron chi connectivity index (χ4n) is 3.84. The molecule has 2 aromatic carbocycles. The number of nitrogen functional groups attached to an aromatic ring is 1. The molecule has 0 aliphatic heterocycles.